The Kier molecular flexibility index (Phi) is 9.10. The lowest BCUT2D eigenvalue weighted by atomic mass is 9.94. The van der Waals surface area contributed by atoms with Crippen molar-refractivity contribution in [2.24, 2.45) is 0 Å². The number of aromatic nitrogens is 1. The third-order valence-electron chi connectivity index (χ3n) is 7.31. The molecule has 38 heavy (non-hydrogen) atoms. The van der Waals surface area contributed by atoms with Gasteiger partial charge in [0.1, 0.15) is 0 Å². The van der Waals surface area contributed by atoms with Crippen LogP contribution in [0.5, 0.6) is 0 Å². The van der Waals surface area contributed by atoms with Crippen LogP contribution in [0.25, 0.3) is 0 Å². The SMILES string of the molecule is CCN(CC)C(=O)c1ccc([C@H](c2cccc(N(C)C(=O)O)c2)N2CCN(Cc3ccncc3)CC2)cc1. The number of carboxylic acid groups (broad SMARTS) is 1. The molecule has 1 atom stereocenters. The Morgan fingerprint density at radius 2 is 1.58 bits per heavy atom. The highest BCUT2D eigenvalue weighted by molar-refractivity contribution is 5.94. The number of pyridine rings is 1. The second-order valence-electron chi connectivity index (χ2n) is 9.61. The Morgan fingerprint density at radius 1 is 0.921 bits per heavy atom. The Bertz CT molecular complexity index is 1210. The number of anilines is 1. The quantitative estimate of drug-likeness (QED) is 0.449. The van der Waals surface area contributed by atoms with E-state index in [2.05, 4.69) is 33.0 Å². The number of rotatable bonds is 9. The standard InChI is InChI=1S/C30H37N5O3/c1-4-34(5-2)29(36)25-11-9-24(10-12-25)28(26-7-6-8-27(21-26)32(3)30(37)38)35-19-17-33(18-20-35)22-23-13-15-31-16-14-23/h6-16,21,28H,4-5,17-20,22H2,1-3H3,(H,37,38)/t28-/m1/s1. The van der Waals surface area contributed by atoms with Gasteiger partial charge < -0.3 is 10.0 Å². The van der Waals surface area contributed by atoms with Crippen molar-refractivity contribution in [1.29, 1.82) is 0 Å². The van der Waals surface area contributed by atoms with E-state index in [-0.39, 0.29) is 11.9 Å². The summed E-state index contributed by atoms with van der Waals surface area (Å²) in [6.45, 7) is 9.80. The molecule has 0 unspecified atom stereocenters. The van der Waals surface area contributed by atoms with Crippen LogP contribution in [0.15, 0.2) is 73.1 Å². The van der Waals surface area contributed by atoms with Gasteiger partial charge in [0.2, 0.25) is 0 Å². The maximum Gasteiger partial charge on any atom is 0.411 e. The summed E-state index contributed by atoms with van der Waals surface area (Å²) in [7, 11) is 1.56. The van der Waals surface area contributed by atoms with Gasteiger partial charge in [0.25, 0.3) is 5.91 Å². The largest absolute Gasteiger partial charge is 0.465 e. The fourth-order valence-electron chi connectivity index (χ4n) is 5.06. The topological polar surface area (TPSA) is 80.2 Å². The maximum atomic E-state index is 12.9. The minimum atomic E-state index is -0.998. The average molecular weight is 516 g/mol. The Balaban J connectivity index is 1.60. The number of carbonyl (C=O) groups excluding carboxylic acids is 1. The zero-order chi connectivity index (χ0) is 27.1. The molecule has 0 radical (unpaired) electrons. The molecule has 1 aromatic heterocycles. The van der Waals surface area contributed by atoms with Gasteiger partial charge in [-0.15, -0.1) is 0 Å². The predicted octanol–water partition coefficient (Wildman–Crippen LogP) is 4.59. The first-order valence-corrected chi connectivity index (χ1v) is 13.2. The Morgan fingerprint density at radius 3 is 2.18 bits per heavy atom. The van der Waals surface area contributed by atoms with E-state index in [1.165, 1.54) is 10.5 Å². The summed E-state index contributed by atoms with van der Waals surface area (Å²) in [5.74, 6) is 0.0351. The van der Waals surface area contributed by atoms with E-state index in [1.807, 2.05) is 73.6 Å². The van der Waals surface area contributed by atoms with Gasteiger partial charge in [0, 0.05) is 76.5 Å². The van der Waals surface area contributed by atoms with E-state index in [4.69, 9.17) is 0 Å². The first-order chi connectivity index (χ1) is 18.4. The molecule has 1 fully saturated rings. The molecular weight excluding hydrogens is 478 g/mol. The Labute approximate surface area is 225 Å². The zero-order valence-electron chi connectivity index (χ0n) is 22.5. The first-order valence-electron chi connectivity index (χ1n) is 13.2. The molecular formula is C30H37N5O3. The lowest BCUT2D eigenvalue weighted by Crippen LogP contribution is -2.47. The van der Waals surface area contributed by atoms with E-state index < -0.39 is 6.09 Å². The third-order valence-corrected chi connectivity index (χ3v) is 7.31. The summed E-state index contributed by atoms with van der Waals surface area (Å²) in [5.41, 5.74) is 4.67. The highest BCUT2D eigenvalue weighted by Crippen LogP contribution is 2.32. The minimum Gasteiger partial charge on any atom is -0.465 e. The molecule has 200 valence electrons. The molecule has 8 heteroatoms. The summed E-state index contributed by atoms with van der Waals surface area (Å²) in [6, 6.07) is 19.7. The summed E-state index contributed by atoms with van der Waals surface area (Å²) < 4.78 is 0. The van der Waals surface area contributed by atoms with Crippen LogP contribution >= 0.6 is 0 Å². The molecule has 1 aliphatic heterocycles. The molecule has 0 spiro atoms. The molecule has 2 amide bonds. The van der Waals surface area contributed by atoms with Crippen LogP contribution in [0.2, 0.25) is 0 Å². The normalized spacial score (nSPS) is 15.1. The monoisotopic (exact) mass is 515 g/mol. The minimum absolute atomic E-state index is 0.0351. The molecule has 3 aromatic rings. The van der Waals surface area contributed by atoms with Crippen LogP contribution in [0, 0.1) is 0 Å². The summed E-state index contributed by atoms with van der Waals surface area (Å²) in [5, 5.41) is 9.52. The fraction of sp³-hybridized carbons (Fsp3) is 0.367. The fourth-order valence-corrected chi connectivity index (χ4v) is 5.06. The average Bonchev–Trinajstić information content (AvgIpc) is 2.95. The number of hydrogen-bond donors (Lipinski definition) is 1. The lowest BCUT2D eigenvalue weighted by Gasteiger charge is -2.40. The van der Waals surface area contributed by atoms with Crippen LogP contribution < -0.4 is 4.90 Å². The molecule has 4 rings (SSSR count). The number of piperazine rings is 1. The van der Waals surface area contributed by atoms with Crippen LogP contribution in [0.4, 0.5) is 10.5 Å². The van der Waals surface area contributed by atoms with Crippen LogP contribution in [-0.2, 0) is 6.54 Å². The molecule has 1 N–H and O–H groups in total. The number of amides is 2. The lowest BCUT2D eigenvalue weighted by molar-refractivity contribution is 0.0772. The second-order valence-corrected chi connectivity index (χ2v) is 9.61. The van der Waals surface area contributed by atoms with Crippen LogP contribution in [0.1, 0.15) is 46.9 Å². The number of nitrogens with zero attached hydrogens (tertiary/aromatic N) is 5. The van der Waals surface area contributed by atoms with Gasteiger partial charge in [-0.05, 0) is 66.9 Å². The number of carbonyl (C=O) groups is 2. The molecule has 0 bridgehead atoms. The summed E-state index contributed by atoms with van der Waals surface area (Å²) in [6.07, 6.45) is 2.66. The van der Waals surface area contributed by atoms with Crippen molar-refractivity contribution in [3.05, 3.63) is 95.3 Å². The van der Waals surface area contributed by atoms with Crippen LogP contribution in [0.3, 0.4) is 0 Å². The van der Waals surface area contributed by atoms with Gasteiger partial charge >= 0.3 is 6.09 Å². The summed E-state index contributed by atoms with van der Waals surface area (Å²) in [4.78, 5) is 36.6. The second kappa shape index (κ2) is 12.7. The van der Waals surface area contributed by atoms with Crippen molar-refractivity contribution in [1.82, 2.24) is 19.7 Å². The van der Waals surface area contributed by atoms with Gasteiger partial charge in [-0.25, -0.2) is 4.79 Å². The van der Waals surface area contributed by atoms with Gasteiger partial charge in [-0.2, -0.15) is 0 Å². The molecule has 1 aliphatic rings. The smallest absolute Gasteiger partial charge is 0.411 e. The van der Waals surface area contributed by atoms with Crippen molar-refractivity contribution in [2.45, 2.75) is 26.4 Å². The van der Waals surface area contributed by atoms with Crippen molar-refractivity contribution >= 4 is 17.7 Å². The van der Waals surface area contributed by atoms with Gasteiger partial charge in [0.05, 0.1) is 6.04 Å². The predicted molar refractivity (Wildman–Crippen MR) is 149 cm³/mol. The molecule has 2 aromatic carbocycles. The van der Waals surface area contributed by atoms with E-state index >= 15 is 0 Å². The summed E-state index contributed by atoms with van der Waals surface area (Å²) >= 11 is 0. The molecule has 0 saturated carbocycles. The van der Waals surface area contributed by atoms with E-state index in [1.54, 1.807) is 7.05 Å². The van der Waals surface area contributed by atoms with Gasteiger partial charge in [-0.1, -0.05) is 24.3 Å². The van der Waals surface area contributed by atoms with E-state index in [0.29, 0.717) is 24.3 Å². The van der Waals surface area contributed by atoms with Crippen molar-refractivity contribution in [3.63, 3.8) is 0 Å². The molecule has 2 heterocycles. The maximum absolute atomic E-state index is 12.9. The molecule has 0 aliphatic carbocycles. The first kappa shape index (κ1) is 27.3. The number of benzene rings is 2. The van der Waals surface area contributed by atoms with E-state index in [9.17, 15) is 14.7 Å². The molecule has 8 nitrogen and oxygen atoms in total. The van der Waals surface area contributed by atoms with Crippen LogP contribution in [-0.4, -0.2) is 83.1 Å². The Hall–Kier alpha value is -3.75. The zero-order valence-corrected chi connectivity index (χ0v) is 22.5. The van der Waals surface area contributed by atoms with Gasteiger partial charge in [0.15, 0.2) is 0 Å². The highest BCUT2D eigenvalue weighted by Gasteiger charge is 2.27. The molecule has 1 saturated heterocycles. The van der Waals surface area contributed by atoms with Crippen molar-refractivity contribution < 1.29 is 14.7 Å². The van der Waals surface area contributed by atoms with E-state index in [0.717, 1.165) is 43.9 Å². The van der Waals surface area contributed by atoms with Crippen molar-refractivity contribution in [2.75, 3.05) is 51.2 Å². The van der Waals surface area contributed by atoms with Gasteiger partial charge in [-0.3, -0.25) is 24.5 Å². The third kappa shape index (κ3) is 6.38. The highest BCUT2D eigenvalue weighted by atomic mass is 16.4. The van der Waals surface area contributed by atoms with Crippen molar-refractivity contribution in [3.8, 4) is 0 Å². The number of hydrogen-bond acceptors (Lipinski definition) is 5.